The van der Waals surface area contributed by atoms with E-state index in [1.54, 1.807) is 0 Å². The summed E-state index contributed by atoms with van der Waals surface area (Å²) in [7, 11) is 2.05. The minimum Gasteiger partial charge on any atom is -0.384 e. The van der Waals surface area contributed by atoms with Crippen LogP contribution in [0.2, 0.25) is 5.02 Å². The fraction of sp³-hybridized carbons (Fsp3) is 0.280. The first kappa shape index (κ1) is 21.3. The minimum atomic E-state index is 0.711. The molecule has 0 saturated heterocycles. The van der Waals surface area contributed by atoms with E-state index in [0.717, 1.165) is 61.4 Å². The van der Waals surface area contributed by atoms with Crippen LogP contribution in [0.3, 0.4) is 0 Å². The summed E-state index contributed by atoms with van der Waals surface area (Å²) in [6, 6.07) is 18.5. The van der Waals surface area contributed by atoms with Crippen LogP contribution in [0, 0.1) is 0 Å². The van der Waals surface area contributed by atoms with Crippen molar-refractivity contribution in [3.05, 3.63) is 89.6 Å². The Morgan fingerprint density at radius 1 is 0.968 bits per heavy atom. The smallest absolute Gasteiger partial charge is 0.122 e. The molecular formula is C25H28ClN5. The lowest BCUT2D eigenvalue weighted by atomic mass is 10.1. The molecule has 160 valence electrons. The fourth-order valence-corrected chi connectivity index (χ4v) is 3.93. The van der Waals surface area contributed by atoms with Crippen molar-refractivity contribution in [2.75, 3.05) is 18.4 Å². The highest BCUT2D eigenvalue weighted by atomic mass is 35.5. The predicted molar refractivity (Wildman–Crippen MR) is 128 cm³/mol. The van der Waals surface area contributed by atoms with Gasteiger partial charge in [-0.1, -0.05) is 41.9 Å². The molecule has 2 aromatic heterocycles. The second kappa shape index (κ2) is 10.4. The molecule has 6 heteroatoms. The van der Waals surface area contributed by atoms with Gasteiger partial charge in [0, 0.05) is 54.8 Å². The van der Waals surface area contributed by atoms with Gasteiger partial charge in [-0.2, -0.15) is 0 Å². The molecule has 2 heterocycles. The van der Waals surface area contributed by atoms with E-state index < -0.39 is 0 Å². The van der Waals surface area contributed by atoms with Crippen molar-refractivity contribution >= 4 is 28.2 Å². The number of aryl methyl sites for hydroxylation is 1. The molecule has 0 amide bonds. The largest absolute Gasteiger partial charge is 0.384 e. The number of fused-ring (bicyclic) bond motifs is 1. The number of nitrogens with one attached hydrogen (secondary N) is 1. The molecule has 0 spiro atoms. The van der Waals surface area contributed by atoms with Gasteiger partial charge in [0.15, 0.2) is 0 Å². The molecule has 0 atom stereocenters. The summed E-state index contributed by atoms with van der Waals surface area (Å²) in [5.41, 5.74) is 3.36. The quantitative estimate of drug-likeness (QED) is 0.335. The second-order valence-electron chi connectivity index (χ2n) is 7.80. The fourth-order valence-electron chi connectivity index (χ4n) is 3.76. The SMILES string of the molecule is Cn1ccnc1CN(CCCCNc1ccnc2cc(Cl)ccc12)Cc1ccccc1. The van der Waals surface area contributed by atoms with Crippen molar-refractivity contribution in [3.63, 3.8) is 0 Å². The first-order valence-corrected chi connectivity index (χ1v) is 11.1. The summed E-state index contributed by atoms with van der Waals surface area (Å²) in [5, 5.41) is 5.38. The Hall–Kier alpha value is -2.89. The lowest BCUT2D eigenvalue weighted by Gasteiger charge is -2.22. The van der Waals surface area contributed by atoms with Crippen LogP contribution in [0.4, 0.5) is 5.69 Å². The lowest BCUT2D eigenvalue weighted by molar-refractivity contribution is 0.243. The predicted octanol–water partition coefficient (Wildman–Crippen LogP) is 5.52. The number of aromatic nitrogens is 3. The normalized spacial score (nSPS) is 11.3. The van der Waals surface area contributed by atoms with E-state index in [1.165, 1.54) is 5.56 Å². The number of benzene rings is 2. The number of unbranched alkanes of at least 4 members (excludes halogenated alkanes) is 1. The molecule has 0 aliphatic heterocycles. The van der Waals surface area contributed by atoms with E-state index >= 15 is 0 Å². The Balaban J connectivity index is 1.32. The summed E-state index contributed by atoms with van der Waals surface area (Å²) in [6.45, 7) is 3.72. The van der Waals surface area contributed by atoms with E-state index in [2.05, 4.69) is 62.1 Å². The van der Waals surface area contributed by atoms with Crippen molar-refractivity contribution in [2.45, 2.75) is 25.9 Å². The summed E-state index contributed by atoms with van der Waals surface area (Å²) >= 11 is 6.09. The molecule has 1 N–H and O–H groups in total. The van der Waals surface area contributed by atoms with Gasteiger partial charge in [-0.3, -0.25) is 9.88 Å². The lowest BCUT2D eigenvalue weighted by Crippen LogP contribution is -2.26. The number of anilines is 1. The van der Waals surface area contributed by atoms with Gasteiger partial charge in [0.25, 0.3) is 0 Å². The third kappa shape index (κ3) is 5.84. The highest BCUT2D eigenvalue weighted by molar-refractivity contribution is 6.31. The number of nitrogens with zero attached hydrogens (tertiary/aromatic N) is 4. The van der Waals surface area contributed by atoms with Crippen LogP contribution in [0.15, 0.2) is 73.2 Å². The molecule has 4 rings (SSSR count). The Labute approximate surface area is 188 Å². The number of imidazole rings is 1. The van der Waals surface area contributed by atoms with Crippen LogP contribution >= 0.6 is 11.6 Å². The van der Waals surface area contributed by atoms with Crippen LogP contribution in [-0.2, 0) is 20.1 Å². The van der Waals surface area contributed by atoms with Crippen LogP contribution in [-0.4, -0.2) is 32.5 Å². The Bertz CT molecular complexity index is 1110. The van der Waals surface area contributed by atoms with Gasteiger partial charge in [-0.15, -0.1) is 0 Å². The monoisotopic (exact) mass is 433 g/mol. The summed E-state index contributed by atoms with van der Waals surface area (Å²) in [4.78, 5) is 11.4. The van der Waals surface area contributed by atoms with E-state index in [9.17, 15) is 0 Å². The van der Waals surface area contributed by atoms with Crippen LogP contribution in [0.5, 0.6) is 0 Å². The third-order valence-electron chi connectivity index (χ3n) is 5.46. The van der Waals surface area contributed by atoms with Crippen molar-refractivity contribution < 1.29 is 0 Å². The molecule has 0 bridgehead atoms. The van der Waals surface area contributed by atoms with E-state index in [0.29, 0.717) is 5.02 Å². The molecule has 0 aliphatic rings. The van der Waals surface area contributed by atoms with Gasteiger partial charge in [0.05, 0.1) is 12.1 Å². The molecule has 0 aliphatic carbocycles. The molecule has 0 radical (unpaired) electrons. The number of hydrogen-bond acceptors (Lipinski definition) is 4. The maximum Gasteiger partial charge on any atom is 0.122 e. The molecule has 4 aromatic rings. The van der Waals surface area contributed by atoms with Gasteiger partial charge in [0.1, 0.15) is 5.82 Å². The van der Waals surface area contributed by atoms with E-state index in [1.807, 2.05) is 42.9 Å². The maximum absolute atomic E-state index is 6.09. The zero-order chi connectivity index (χ0) is 21.5. The first-order valence-electron chi connectivity index (χ1n) is 10.7. The second-order valence-corrected chi connectivity index (χ2v) is 8.24. The minimum absolute atomic E-state index is 0.711. The van der Waals surface area contributed by atoms with Crippen molar-refractivity contribution in [3.8, 4) is 0 Å². The summed E-state index contributed by atoms with van der Waals surface area (Å²) < 4.78 is 2.10. The number of rotatable bonds is 10. The zero-order valence-corrected chi connectivity index (χ0v) is 18.6. The van der Waals surface area contributed by atoms with Crippen LogP contribution < -0.4 is 5.32 Å². The van der Waals surface area contributed by atoms with Gasteiger partial charge >= 0.3 is 0 Å². The van der Waals surface area contributed by atoms with Crippen molar-refractivity contribution in [1.82, 2.24) is 19.4 Å². The maximum atomic E-state index is 6.09. The number of hydrogen-bond donors (Lipinski definition) is 1. The number of halogens is 1. The average molecular weight is 434 g/mol. The van der Waals surface area contributed by atoms with Crippen molar-refractivity contribution in [1.29, 1.82) is 0 Å². The standard InChI is InChI=1S/C25H28ClN5/c1-30-16-14-29-25(30)19-31(18-20-7-3-2-4-8-20)15-6-5-12-27-23-11-13-28-24-17-21(26)9-10-22(23)24/h2-4,7-11,13-14,16-17H,5-6,12,15,18-19H2,1H3,(H,27,28). The average Bonchev–Trinajstić information content (AvgIpc) is 3.18. The molecule has 31 heavy (non-hydrogen) atoms. The van der Waals surface area contributed by atoms with Crippen LogP contribution in [0.25, 0.3) is 10.9 Å². The van der Waals surface area contributed by atoms with Gasteiger partial charge < -0.3 is 9.88 Å². The Kier molecular flexibility index (Phi) is 7.18. The molecule has 2 aromatic carbocycles. The Morgan fingerprint density at radius 2 is 1.84 bits per heavy atom. The molecule has 0 unspecified atom stereocenters. The summed E-state index contributed by atoms with van der Waals surface area (Å²) in [5.74, 6) is 1.09. The highest BCUT2D eigenvalue weighted by Gasteiger charge is 2.10. The zero-order valence-electron chi connectivity index (χ0n) is 17.8. The molecular weight excluding hydrogens is 406 g/mol. The Morgan fingerprint density at radius 3 is 2.65 bits per heavy atom. The van der Waals surface area contributed by atoms with E-state index in [4.69, 9.17) is 11.6 Å². The first-order chi connectivity index (χ1) is 15.2. The van der Waals surface area contributed by atoms with Gasteiger partial charge in [-0.05, 0) is 49.2 Å². The molecule has 0 fully saturated rings. The molecule has 5 nitrogen and oxygen atoms in total. The van der Waals surface area contributed by atoms with Crippen LogP contribution in [0.1, 0.15) is 24.2 Å². The van der Waals surface area contributed by atoms with E-state index in [-0.39, 0.29) is 0 Å². The highest BCUT2D eigenvalue weighted by Crippen LogP contribution is 2.24. The summed E-state index contributed by atoms with van der Waals surface area (Å²) in [6.07, 6.45) is 7.90. The van der Waals surface area contributed by atoms with Gasteiger partial charge in [-0.25, -0.2) is 4.98 Å². The topological polar surface area (TPSA) is 46.0 Å². The van der Waals surface area contributed by atoms with Gasteiger partial charge in [0.2, 0.25) is 0 Å². The third-order valence-corrected chi connectivity index (χ3v) is 5.69. The molecule has 0 saturated carbocycles. The van der Waals surface area contributed by atoms with Crippen molar-refractivity contribution in [2.24, 2.45) is 7.05 Å². The number of pyridine rings is 1.